The van der Waals surface area contributed by atoms with Crippen LogP contribution >= 0.6 is 15.9 Å². The Morgan fingerprint density at radius 3 is 2.89 bits per heavy atom. The molecule has 3 N–H and O–H groups in total. The normalized spacial score (nSPS) is 10.2. The molecule has 8 heteroatoms. The lowest BCUT2D eigenvalue weighted by molar-refractivity contribution is -0.384. The summed E-state index contributed by atoms with van der Waals surface area (Å²) in [5, 5.41) is 13.8. The van der Waals surface area contributed by atoms with Gasteiger partial charge in [-0.2, -0.15) is 4.98 Å². The average molecular weight is 324 g/mol. The van der Waals surface area contributed by atoms with Crippen LogP contribution in [0.5, 0.6) is 0 Å². The van der Waals surface area contributed by atoms with E-state index in [0.717, 1.165) is 16.2 Å². The summed E-state index contributed by atoms with van der Waals surface area (Å²) in [5.74, 6) is 0.0284. The second-order valence-corrected chi connectivity index (χ2v) is 4.57. The third-order valence-corrected chi connectivity index (χ3v) is 3.48. The highest BCUT2D eigenvalue weighted by molar-refractivity contribution is 9.10. The number of nitrogen functional groups attached to an aromatic ring is 1. The molecule has 1 aromatic carbocycles. The van der Waals surface area contributed by atoms with Crippen molar-refractivity contribution in [1.82, 2.24) is 9.97 Å². The van der Waals surface area contributed by atoms with Crippen LogP contribution in [0.15, 0.2) is 28.9 Å². The summed E-state index contributed by atoms with van der Waals surface area (Å²) in [7, 11) is 0. The van der Waals surface area contributed by atoms with Crippen molar-refractivity contribution in [2.24, 2.45) is 0 Å². The summed E-state index contributed by atoms with van der Waals surface area (Å²) in [6.07, 6.45) is 1.08. The molecule has 0 radical (unpaired) electrons. The van der Waals surface area contributed by atoms with E-state index >= 15 is 0 Å². The lowest BCUT2D eigenvalue weighted by Crippen LogP contribution is -2.04. The number of aryl methyl sites for hydroxylation is 1. The predicted octanol–water partition coefficient (Wildman–Crippen LogP) is 2.78. The van der Waals surface area contributed by atoms with E-state index in [9.17, 15) is 10.1 Å². The van der Waals surface area contributed by atoms with Crippen LogP contribution in [0.4, 0.5) is 23.1 Å². The number of nitro groups is 1. The molecule has 1 aromatic heterocycles. The molecule has 0 atom stereocenters. The SMILES string of the molecule is Cc1cccc(Nc2nc(N)ncc2[N+](=O)[O-])c1Br. The van der Waals surface area contributed by atoms with Gasteiger partial charge in [-0.1, -0.05) is 12.1 Å². The number of hydrogen-bond donors (Lipinski definition) is 2. The third kappa shape index (κ3) is 2.79. The first-order chi connectivity index (χ1) is 8.99. The second kappa shape index (κ2) is 5.19. The zero-order chi connectivity index (χ0) is 14.0. The number of aromatic nitrogens is 2. The van der Waals surface area contributed by atoms with Gasteiger partial charge in [0.05, 0.1) is 10.6 Å². The summed E-state index contributed by atoms with van der Waals surface area (Å²) in [5.41, 5.74) is 6.88. The van der Waals surface area contributed by atoms with Gasteiger partial charge in [-0.3, -0.25) is 10.1 Å². The van der Waals surface area contributed by atoms with Crippen molar-refractivity contribution >= 4 is 39.1 Å². The van der Waals surface area contributed by atoms with E-state index in [-0.39, 0.29) is 17.5 Å². The van der Waals surface area contributed by atoms with Crippen molar-refractivity contribution in [2.45, 2.75) is 6.92 Å². The summed E-state index contributed by atoms with van der Waals surface area (Å²) in [6.45, 7) is 1.91. The molecule has 2 aromatic rings. The maximum Gasteiger partial charge on any atom is 0.329 e. The van der Waals surface area contributed by atoms with Gasteiger partial charge in [-0.05, 0) is 34.5 Å². The van der Waals surface area contributed by atoms with Gasteiger partial charge >= 0.3 is 5.69 Å². The highest BCUT2D eigenvalue weighted by atomic mass is 79.9. The van der Waals surface area contributed by atoms with Gasteiger partial charge in [-0.25, -0.2) is 4.98 Å². The zero-order valence-electron chi connectivity index (χ0n) is 9.92. The summed E-state index contributed by atoms with van der Waals surface area (Å²) in [4.78, 5) is 17.8. The van der Waals surface area contributed by atoms with Crippen LogP contribution < -0.4 is 11.1 Å². The van der Waals surface area contributed by atoms with Crippen LogP contribution in [0.1, 0.15) is 5.56 Å². The Morgan fingerprint density at radius 2 is 2.21 bits per heavy atom. The third-order valence-electron chi connectivity index (χ3n) is 2.43. The van der Waals surface area contributed by atoms with E-state index in [2.05, 4.69) is 31.2 Å². The lowest BCUT2D eigenvalue weighted by atomic mass is 10.2. The maximum atomic E-state index is 10.9. The minimum atomic E-state index is -0.564. The first-order valence-corrected chi connectivity index (χ1v) is 6.07. The van der Waals surface area contributed by atoms with Gasteiger partial charge in [0.15, 0.2) is 0 Å². The van der Waals surface area contributed by atoms with Crippen molar-refractivity contribution in [3.63, 3.8) is 0 Å². The average Bonchev–Trinajstić information content (AvgIpc) is 2.35. The Kier molecular flexibility index (Phi) is 3.61. The predicted molar refractivity (Wildman–Crippen MR) is 75.3 cm³/mol. The standard InChI is InChI=1S/C11H10BrN5O2/c1-6-3-2-4-7(9(6)12)15-10-8(17(18)19)5-14-11(13)16-10/h2-5H,1H3,(H3,13,14,15,16). The number of rotatable bonds is 3. The first kappa shape index (κ1) is 13.2. The van der Waals surface area contributed by atoms with Crippen LogP contribution in [-0.4, -0.2) is 14.9 Å². The van der Waals surface area contributed by atoms with Gasteiger partial charge in [-0.15, -0.1) is 0 Å². The second-order valence-electron chi connectivity index (χ2n) is 3.78. The molecule has 0 aliphatic rings. The van der Waals surface area contributed by atoms with Gasteiger partial charge in [0.1, 0.15) is 6.20 Å². The highest BCUT2D eigenvalue weighted by Gasteiger charge is 2.17. The van der Waals surface area contributed by atoms with Gasteiger partial charge in [0.2, 0.25) is 11.8 Å². The van der Waals surface area contributed by atoms with Crippen LogP contribution in [-0.2, 0) is 0 Å². The van der Waals surface area contributed by atoms with Crippen molar-refractivity contribution < 1.29 is 4.92 Å². The fourth-order valence-electron chi connectivity index (χ4n) is 1.49. The van der Waals surface area contributed by atoms with Crippen LogP contribution in [0.25, 0.3) is 0 Å². The topological polar surface area (TPSA) is 107 Å². The van der Waals surface area contributed by atoms with E-state index in [0.29, 0.717) is 5.69 Å². The Balaban J connectivity index is 2.45. The molecule has 0 saturated heterocycles. The van der Waals surface area contributed by atoms with Crippen LogP contribution in [0, 0.1) is 17.0 Å². The minimum Gasteiger partial charge on any atom is -0.368 e. The molecule has 0 bridgehead atoms. The maximum absolute atomic E-state index is 10.9. The Labute approximate surface area is 117 Å². The van der Waals surface area contributed by atoms with Crippen molar-refractivity contribution in [3.8, 4) is 0 Å². The molecule has 98 valence electrons. The fraction of sp³-hybridized carbons (Fsp3) is 0.0909. The number of anilines is 3. The molecule has 19 heavy (non-hydrogen) atoms. The summed E-state index contributed by atoms with van der Waals surface area (Å²) in [6, 6.07) is 5.52. The Hall–Kier alpha value is -2.22. The fourth-order valence-corrected chi connectivity index (χ4v) is 1.85. The Bertz CT molecular complexity index is 647. The van der Waals surface area contributed by atoms with Gasteiger partial charge in [0, 0.05) is 4.47 Å². The largest absolute Gasteiger partial charge is 0.368 e. The lowest BCUT2D eigenvalue weighted by Gasteiger charge is -2.09. The molecule has 0 spiro atoms. The summed E-state index contributed by atoms with van der Waals surface area (Å²) < 4.78 is 0.807. The number of nitrogens with zero attached hydrogens (tertiary/aromatic N) is 3. The first-order valence-electron chi connectivity index (χ1n) is 5.28. The number of hydrogen-bond acceptors (Lipinski definition) is 6. The highest BCUT2D eigenvalue weighted by Crippen LogP contribution is 2.31. The van der Waals surface area contributed by atoms with Crippen LogP contribution in [0.3, 0.4) is 0 Å². The van der Waals surface area contributed by atoms with Crippen molar-refractivity contribution in [2.75, 3.05) is 11.1 Å². The van der Waals surface area contributed by atoms with Gasteiger partial charge < -0.3 is 11.1 Å². The van der Waals surface area contributed by atoms with E-state index in [1.165, 1.54) is 0 Å². The molecule has 0 unspecified atom stereocenters. The number of nitrogens with one attached hydrogen (secondary N) is 1. The number of halogens is 1. The smallest absolute Gasteiger partial charge is 0.329 e. The molecule has 0 aliphatic heterocycles. The summed E-state index contributed by atoms with van der Waals surface area (Å²) >= 11 is 3.41. The molecular weight excluding hydrogens is 314 g/mol. The quantitative estimate of drug-likeness (QED) is 0.664. The molecular formula is C11H10BrN5O2. The monoisotopic (exact) mass is 323 g/mol. The molecule has 7 nitrogen and oxygen atoms in total. The van der Waals surface area contributed by atoms with E-state index in [1.54, 1.807) is 6.07 Å². The van der Waals surface area contributed by atoms with Crippen molar-refractivity contribution in [3.05, 3.63) is 44.5 Å². The zero-order valence-corrected chi connectivity index (χ0v) is 11.5. The number of nitrogens with two attached hydrogens (primary N) is 1. The minimum absolute atomic E-state index is 0.0307. The molecule has 0 saturated carbocycles. The molecule has 0 amide bonds. The Morgan fingerprint density at radius 1 is 1.47 bits per heavy atom. The van der Waals surface area contributed by atoms with Crippen molar-refractivity contribution in [1.29, 1.82) is 0 Å². The van der Waals surface area contributed by atoms with E-state index < -0.39 is 4.92 Å². The van der Waals surface area contributed by atoms with E-state index in [1.807, 2.05) is 19.1 Å². The van der Waals surface area contributed by atoms with Gasteiger partial charge in [0.25, 0.3) is 0 Å². The number of benzene rings is 1. The molecule has 2 rings (SSSR count). The molecule has 1 heterocycles. The molecule has 0 aliphatic carbocycles. The molecule has 0 fully saturated rings. The van der Waals surface area contributed by atoms with E-state index in [4.69, 9.17) is 5.73 Å². The van der Waals surface area contributed by atoms with Crippen LogP contribution in [0.2, 0.25) is 0 Å².